The van der Waals surface area contributed by atoms with Crippen molar-refractivity contribution in [2.24, 2.45) is 5.73 Å². The standard InChI is InChI=1S/C13H10N2OS/c14-13(16)8-3-1-4-10-9(8)7-11(15-10)12-5-2-6-17-12/h1-7,15H,(H2,14,16). The van der Waals surface area contributed by atoms with E-state index in [-0.39, 0.29) is 0 Å². The van der Waals surface area contributed by atoms with Gasteiger partial charge >= 0.3 is 0 Å². The molecule has 0 aliphatic heterocycles. The molecule has 0 spiro atoms. The molecular formula is C13H10N2OS. The summed E-state index contributed by atoms with van der Waals surface area (Å²) < 4.78 is 0. The molecule has 0 radical (unpaired) electrons. The van der Waals surface area contributed by atoms with Crippen molar-refractivity contribution < 1.29 is 4.79 Å². The zero-order valence-corrected chi connectivity index (χ0v) is 9.75. The quantitative estimate of drug-likeness (QED) is 0.713. The average Bonchev–Trinajstić information content (AvgIpc) is 2.96. The molecule has 0 atom stereocenters. The Balaban J connectivity index is 2.26. The second kappa shape index (κ2) is 3.75. The highest BCUT2D eigenvalue weighted by Gasteiger charge is 2.10. The molecule has 0 fully saturated rings. The number of hydrogen-bond acceptors (Lipinski definition) is 2. The fraction of sp³-hybridized carbons (Fsp3) is 0. The minimum absolute atomic E-state index is 0.396. The summed E-state index contributed by atoms with van der Waals surface area (Å²) in [5, 5.41) is 2.90. The second-order valence-corrected chi connectivity index (χ2v) is 4.74. The summed E-state index contributed by atoms with van der Waals surface area (Å²) in [5.41, 5.74) is 7.87. The Morgan fingerprint density at radius 1 is 1.24 bits per heavy atom. The molecule has 0 unspecified atom stereocenters. The van der Waals surface area contributed by atoms with Gasteiger partial charge in [0.05, 0.1) is 10.6 Å². The van der Waals surface area contributed by atoms with Crippen LogP contribution in [0.1, 0.15) is 10.4 Å². The molecule has 4 heteroatoms. The van der Waals surface area contributed by atoms with Crippen molar-refractivity contribution in [3.05, 3.63) is 47.3 Å². The van der Waals surface area contributed by atoms with Crippen molar-refractivity contribution in [2.45, 2.75) is 0 Å². The van der Waals surface area contributed by atoms with Gasteiger partial charge in [-0.05, 0) is 29.6 Å². The van der Waals surface area contributed by atoms with Crippen molar-refractivity contribution in [3.8, 4) is 10.6 Å². The van der Waals surface area contributed by atoms with E-state index < -0.39 is 5.91 Å². The van der Waals surface area contributed by atoms with Crippen LogP contribution in [0.25, 0.3) is 21.5 Å². The summed E-state index contributed by atoms with van der Waals surface area (Å²) >= 11 is 1.66. The molecule has 3 nitrogen and oxygen atoms in total. The van der Waals surface area contributed by atoms with Crippen LogP contribution in [0, 0.1) is 0 Å². The molecule has 3 rings (SSSR count). The first-order chi connectivity index (χ1) is 8.25. The summed E-state index contributed by atoms with van der Waals surface area (Å²) in [6.45, 7) is 0. The molecule has 1 amide bonds. The number of nitrogens with two attached hydrogens (primary N) is 1. The number of fused-ring (bicyclic) bond motifs is 1. The van der Waals surface area contributed by atoms with Crippen molar-refractivity contribution in [2.75, 3.05) is 0 Å². The van der Waals surface area contributed by atoms with Crippen LogP contribution >= 0.6 is 11.3 Å². The minimum atomic E-state index is -0.396. The fourth-order valence-corrected chi connectivity index (χ4v) is 2.63. The topological polar surface area (TPSA) is 58.9 Å². The molecular weight excluding hydrogens is 232 g/mol. The fourth-order valence-electron chi connectivity index (χ4n) is 1.93. The number of nitrogens with one attached hydrogen (secondary N) is 1. The van der Waals surface area contributed by atoms with E-state index >= 15 is 0 Å². The number of primary amides is 1. The third-order valence-electron chi connectivity index (χ3n) is 2.72. The zero-order valence-electron chi connectivity index (χ0n) is 8.94. The summed E-state index contributed by atoms with van der Waals surface area (Å²) in [6, 6.07) is 11.5. The highest BCUT2D eigenvalue weighted by molar-refractivity contribution is 7.13. The molecule has 3 N–H and O–H groups in total. The van der Waals surface area contributed by atoms with E-state index in [4.69, 9.17) is 5.73 Å². The van der Waals surface area contributed by atoms with E-state index in [1.807, 2.05) is 35.7 Å². The van der Waals surface area contributed by atoms with Gasteiger partial charge in [-0.15, -0.1) is 11.3 Å². The molecule has 1 aromatic carbocycles. The summed E-state index contributed by atoms with van der Waals surface area (Å²) in [6.07, 6.45) is 0. The van der Waals surface area contributed by atoms with Gasteiger partial charge in [-0.3, -0.25) is 4.79 Å². The number of amides is 1. The normalized spacial score (nSPS) is 10.8. The molecule has 84 valence electrons. The van der Waals surface area contributed by atoms with Gasteiger partial charge in [0.2, 0.25) is 5.91 Å². The molecule has 0 bridgehead atoms. The highest BCUT2D eigenvalue weighted by atomic mass is 32.1. The van der Waals surface area contributed by atoms with Crippen LogP contribution in [0.15, 0.2) is 41.8 Å². The number of thiophene rings is 1. The van der Waals surface area contributed by atoms with E-state index in [0.717, 1.165) is 21.5 Å². The van der Waals surface area contributed by atoms with Gasteiger partial charge in [0.15, 0.2) is 0 Å². The maximum Gasteiger partial charge on any atom is 0.249 e. The Bertz CT molecular complexity index is 683. The molecule has 2 aromatic heterocycles. The summed E-state index contributed by atoms with van der Waals surface area (Å²) in [4.78, 5) is 15.8. The number of hydrogen-bond donors (Lipinski definition) is 2. The Kier molecular flexibility index (Phi) is 2.23. The minimum Gasteiger partial charge on any atom is -0.366 e. The number of carbonyl (C=O) groups is 1. The third-order valence-corrected chi connectivity index (χ3v) is 3.62. The SMILES string of the molecule is NC(=O)c1cccc2[nH]c(-c3cccs3)cc12. The highest BCUT2D eigenvalue weighted by Crippen LogP contribution is 2.29. The first-order valence-corrected chi connectivity index (χ1v) is 6.09. The molecule has 17 heavy (non-hydrogen) atoms. The van der Waals surface area contributed by atoms with E-state index in [0.29, 0.717) is 5.56 Å². The lowest BCUT2D eigenvalue weighted by Gasteiger charge is -1.95. The molecule has 0 saturated heterocycles. The van der Waals surface area contributed by atoms with Gasteiger partial charge < -0.3 is 10.7 Å². The summed E-state index contributed by atoms with van der Waals surface area (Å²) in [7, 11) is 0. The molecule has 0 aliphatic carbocycles. The number of aromatic nitrogens is 1. The predicted octanol–water partition coefficient (Wildman–Crippen LogP) is 3.00. The maximum atomic E-state index is 11.3. The van der Waals surface area contributed by atoms with Crippen LogP contribution in [-0.4, -0.2) is 10.9 Å². The molecule has 2 heterocycles. The van der Waals surface area contributed by atoms with Gasteiger partial charge in [0, 0.05) is 16.5 Å². The van der Waals surface area contributed by atoms with Gasteiger partial charge in [-0.1, -0.05) is 12.1 Å². The van der Waals surface area contributed by atoms with Crippen LogP contribution in [0.3, 0.4) is 0 Å². The lowest BCUT2D eigenvalue weighted by atomic mass is 10.1. The lowest BCUT2D eigenvalue weighted by molar-refractivity contribution is 0.100. The van der Waals surface area contributed by atoms with Gasteiger partial charge in [0.25, 0.3) is 0 Å². The molecule has 0 aliphatic rings. The van der Waals surface area contributed by atoms with Crippen LogP contribution in [0.2, 0.25) is 0 Å². The largest absolute Gasteiger partial charge is 0.366 e. The first-order valence-electron chi connectivity index (χ1n) is 5.21. The number of aromatic amines is 1. The average molecular weight is 242 g/mol. The van der Waals surface area contributed by atoms with Gasteiger partial charge in [-0.25, -0.2) is 0 Å². The van der Waals surface area contributed by atoms with Gasteiger partial charge in [-0.2, -0.15) is 0 Å². The van der Waals surface area contributed by atoms with E-state index in [2.05, 4.69) is 4.98 Å². The Morgan fingerprint density at radius 3 is 2.82 bits per heavy atom. The molecule has 3 aromatic rings. The lowest BCUT2D eigenvalue weighted by Crippen LogP contribution is -2.10. The van der Waals surface area contributed by atoms with E-state index in [1.165, 1.54) is 0 Å². The third kappa shape index (κ3) is 1.62. The zero-order chi connectivity index (χ0) is 11.8. The maximum absolute atomic E-state index is 11.3. The van der Waals surface area contributed by atoms with Crippen molar-refractivity contribution in [3.63, 3.8) is 0 Å². The van der Waals surface area contributed by atoms with Gasteiger partial charge in [0.1, 0.15) is 0 Å². The predicted molar refractivity (Wildman–Crippen MR) is 70.1 cm³/mol. The monoisotopic (exact) mass is 242 g/mol. The van der Waals surface area contributed by atoms with E-state index in [1.54, 1.807) is 17.4 Å². The van der Waals surface area contributed by atoms with Crippen molar-refractivity contribution in [1.29, 1.82) is 0 Å². The number of benzene rings is 1. The summed E-state index contributed by atoms with van der Waals surface area (Å²) in [5.74, 6) is -0.396. The van der Waals surface area contributed by atoms with Crippen molar-refractivity contribution in [1.82, 2.24) is 4.98 Å². The first kappa shape index (κ1) is 10.1. The number of H-pyrrole nitrogens is 1. The Labute approximate surface area is 102 Å². The van der Waals surface area contributed by atoms with Crippen LogP contribution in [0.5, 0.6) is 0 Å². The molecule has 0 saturated carbocycles. The van der Waals surface area contributed by atoms with Crippen LogP contribution in [0.4, 0.5) is 0 Å². The second-order valence-electron chi connectivity index (χ2n) is 3.79. The van der Waals surface area contributed by atoms with Crippen LogP contribution < -0.4 is 5.73 Å². The van der Waals surface area contributed by atoms with Crippen molar-refractivity contribution >= 4 is 28.1 Å². The van der Waals surface area contributed by atoms with Crippen LogP contribution in [-0.2, 0) is 0 Å². The number of rotatable bonds is 2. The Morgan fingerprint density at radius 2 is 2.12 bits per heavy atom. The smallest absolute Gasteiger partial charge is 0.249 e. The Hall–Kier alpha value is -2.07. The van der Waals surface area contributed by atoms with E-state index in [9.17, 15) is 4.79 Å². The number of carbonyl (C=O) groups excluding carboxylic acids is 1.